The standard InChI is InChI=1S/C39H45Cl2N5O2/c1-39(2,3)31-15-12-28(13-16-31)37(47)43(4)26-30(29-14-17-33(40)34(41)25-29)18-21-44-19-8-20-45(23-22-44)38-42-35-10-5-6-11-36(35)46(38)27-32-9-7-24-48-32/h5-7,9-17,24-25,30H,8,18-23,26-27H2,1-4H3. The summed E-state index contributed by atoms with van der Waals surface area (Å²) in [6.07, 6.45) is 3.64. The van der Waals surface area contributed by atoms with Gasteiger partial charge in [-0.25, -0.2) is 4.98 Å². The van der Waals surface area contributed by atoms with Crippen molar-refractivity contribution in [2.75, 3.05) is 51.2 Å². The van der Waals surface area contributed by atoms with Crippen LogP contribution in [0.2, 0.25) is 10.0 Å². The Kier molecular flexibility index (Phi) is 10.5. The number of halogens is 2. The zero-order valence-electron chi connectivity index (χ0n) is 28.3. The van der Waals surface area contributed by atoms with Crippen molar-refractivity contribution in [3.05, 3.63) is 118 Å². The summed E-state index contributed by atoms with van der Waals surface area (Å²) in [5.41, 5.74) is 5.14. The number of benzene rings is 3. The third kappa shape index (κ3) is 7.91. The number of hydrogen-bond donors (Lipinski definition) is 0. The molecule has 48 heavy (non-hydrogen) atoms. The molecule has 0 radical (unpaired) electrons. The van der Waals surface area contributed by atoms with E-state index in [4.69, 9.17) is 32.6 Å². The van der Waals surface area contributed by atoms with Crippen molar-refractivity contribution in [2.24, 2.45) is 0 Å². The molecule has 6 rings (SSSR count). The maximum Gasteiger partial charge on any atom is 0.253 e. The van der Waals surface area contributed by atoms with Gasteiger partial charge in [-0.3, -0.25) is 4.79 Å². The van der Waals surface area contributed by atoms with Gasteiger partial charge in [0.25, 0.3) is 5.91 Å². The number of carbonyl (C=O) groups is 1. The van der Waals surface area contributed by atoms with E-state index in [1.54, 1.807) is 6.26 Å². The fraction of sp³-hybridized carbons (Fsp3) is 0.385. The first-order valence-corrected chi connectivity index (χ1v) is 17.6. The maximum absolute atomic E-state index is 13.6. The fourth-order valence-electron chi connectivity index (χ4n) is 6.63. The summed E-state index contributed by atoms with van der Waals surface area (Å²) in [5.74, 6) is 2.01. The molecule has 0 bridgehead atoms. The van der Waals surface area contributed by atoms with Gasteiger partial charge in [0.05, 0.1) is 33.9 Å². The predicted molar refractivity (Wildman–Crippen MR) is 197 cm³/mol. The second kappa shape index (κ2) is 14.8. The van der Waals surface area contributed by atoms with Crippen LogP contribution < -0.4 is 4.90 Å². The van der Waals surface area contributed by atoms with Gasteiger partial charge in [-0.1, -0.05) is 74.3 Å². The lowest BCUT2D eigenvalue weighted by atomic mass is 9.86. The van der Waals surface area contributed by atoms with Crippen molar-refractivity contribution >= 4 is 46.1 Å². The van der Waals surface area contributed by atoms with Gasteiger partial charge in [-0.2, -0.15) is 0 Å². The van der Waals surface area contributed by atoms with E-state index in [-0.39, 0.29) is 17.2 Å². The van der Waals surface area contributed by atoms with E-state index in [1.165, 1.54) is 5.56 Å². The minimum atomic E-state index is 0.0170. The molecule has 1 atom stereocenters. The number of furan rings is 1. The number of likely N-dealkylation sites (N-methyl/N-ethyl adjacent to an activating group) is 1. The van der Waals surface area contributed by atoms with Crippen LogP contribution in [0, 0.1) is 0 Å². The SMILES string of the molecule is CN(CC(CCN1CCCN(c2nc3ccccc3n2Cc2ccco2)CC1)c1ccc(Cl)c(Cl)c1)C(=O)c1ccc(C(C)(C)C)cc1. The summed E-state index contributed by atoms with van der Waals surface area (Å²) < 4.78 is 7.98. The van der Waals surface area contributed by atoms with Crippen LogP contribution in [0.15, 0.2) is 89.5 Å². The Morgan fingerprint density at radius 2 is 1.73 bits per heavy atom. The lowest BCUT2D eigenvalue weighted by Gasteiger charge is -2.28. The number of nitrogens with zero attached hydrogens (tertiary/aromatic N) is 5. The maximum atomic E-state index is 13.6. The van der Waals surface area contributed by atoms with Gasteiger partial charge in [-0.15, -0.1) is 0 Å². The first kappa shape index (κ1) is 34.1. The molecule has 0 aliphatic carbocycles. The molecular weight excluding hydrogens is 641 g/mol. The van der Waals surface area contributed by atoms with Crippen LogP contribution in [0.5, 0.6) is 0 Å². The second-order valence-electron chi connectivity index (χ2n) is 13.9. The minimum absolute atomic E-state index is 0.0170. The number of fused-ring (bicyclic) bond motifs is 1. The summed E-state index contributed by atoms with van der Waals surface area (Å²) in [7, 11) is 1.89. The number of anilines is 1. The van der Waals surface area contributed by atoms with Crippen LogP contribution in [0.3, 0.4) is 0 Å². The molecule has 3 aromatic carbocycles. The molecule has 1 aliphatic heterocycles. The monoisotopic (exact) mass is 685 g/mol. The van der Waals surface area contributed by atoms with Crippen molar-refractivity contribution in [1.82, 2.24) is 19.4 Å². The third-order valence-electron chi connectivity index (χ3n) is 9.45. The van der Waals surface area contributed by atoms with Gasteiger partial charge in [0.2, 0.25) is 5.95 Å². The highest BCUT2D eigenvalue weighted by molar-refractivity contribution is 6.42. The fourth-order valence-corrected chi connectivity index (χ4v) is 6.93. The molecule has 9 heteroatoms. The smallest absolute Gasteiger partial charge is 0.253 e. The zero-order chi connectivity index (χ0) is 33.8. The number of imidazole rings is 1. The summed E-state index contributed by atoms with van der Waals surface area (Å²) >= 11 is 12.8. The Labute approximate surface area is 294 Å². The number of para-hydroxylation sites is 2. The van der Waals surface area contributed by atoms with Gasteiger partial charge < -0.3 is 23.7 Å². The van der Waals surface area contributed by atoms with Gasteiger partial charge in [0.15, 0.2) is 0 Å². The molecule has 0 spiro atoms. The summed E-state index contributed by atoms with van der Waals surface area (Å²) in [4.78, 5) is 25.4. The van der Waals surface area contributed by atoms with Crippen LogP contribution >= 0.6 is 23.2 Å². The van der Waals surface area contributed by atoms with Gasteiger partial charge in [0.1, 0.15) is 5.76 Å². The molecule has 0 N–H and O–H groups in total. The Bertz CT molecular complexity index is 1830. The number of hydrogen-bond acceptors (Lipinski definition) is 5. The number of rotatable bonds is 10. The molecule has 1 aliphatic rings. The number of amides is 1. The van der Waals surface area contributed by atoms with E-state index >= 15 is 0 Å². The van der Waals surface area contributed by atoms with Gasteiger partial charge in [0, 0.05) is 44.7 Å². The first-order chi connectivity index (χ1) is 23.1. The molecule has 3 heterocycles. The predicted octanol–water partition coefficient (Wildman–Crippen LogP) is 8.74. The molecule has 1 unspecified atom stereocenters. The largest absolute Gasteiger partial charge is 0.467 e. The molecule has 1 fully saturated rings. The average Bonchev–Trinajstić information content (AvgIpc) is 3.65. The summed E-state index contributed by atoms with van der Waals surface area (Å²) in [6.45, 7) is 12.4. The molecule has 1 saturated heterocycles. The highest BCUT2D eigenvalue weighted by atomic mass is 35.5. The first-order valence-electron chi connectivity index (χ1n) is 16.8. The lowest BCUT2D eigenvalue weighted by Crippen LogP contribution is -2.35. The molecule has 2 aromatic heterocycles. The Hall–Kier alpha value is -3.78. The normalized spacial score (nSPS) is 15.1. The Balaban J connectivity index is 1.14. The van der Waals surface area contributed by atoms with Crippen LogP contribution in [0.25, 0.3) is 11.0 Å². The zero-order valence-corrected chi connectivity index (χ0v) is 29.8. The average molecular weight is 687 g/mol. The molecule has 5 aromatic rings. The van der Waals surface area contributed by atoms with Crippen molar-refractivity contribution < 1.29 is 9.21 Å². The van der Waals surface area contributed by atoms with Crippen LogP contribution in [0.1, 0.15) is 66.8 Å². The van der Waals surface area contributed by atoms with E-state index in [9.17, 15) is 4.79 Å². The highest BCUT2D eigenvalue weighted by Crippen LogP contribution is 2.30. The topological polar surface area (TPSA) is 57.8 Å². The molecule has 7 nitrogen and oxygen atoms in total. The molecule has 0 saturated carbocycles. The lowest BCUT2D eigenvalue weighted by molar-refractivity contribution is 0.0782. The molecule has 1 amide bonds. The number of carbonyl (C=O) groups excluding carboxylic acids is 1. The van der Waals surface area contributed by atoms with Crippen molar-refractivity contribution in [3.63, 3.8) is 0 Å². The van der Waals surface area contributed by atoms with Crippen molar-refractivity contribution in [3.8, 4) is 0 Å². The van der Waals surface area contributed by atoms with Crippen LogP contribution in [0.4, 0.5) is 5.95 Å². The quantitative estimate of drug-likeness (QED) is 0.147. The highest BCUT2D eigenvalue weighted by Gasteiger charge is 2.24. The van der Waals surface area contributed by atoms with E-state index in [0.717, 1.165) is 73.9 Å². The third-order valence-corrected chi connectivity index (χ3v) is 10.2. The number of aromatic nitrogens is 2. The second-order valence-corrected chi connectivity index (χ2v) is 14.7. The van der Waals surface area contributed by atoms with E-state index < -0.39 is 0 Å². The van der Waals surface area contributed by atoms with Crippen LogP contribution in [-0.2, 0) is 12.0 Å². The molecule has 252 valence electrons. The van der Waals surface area contributed by atoms with Crippen molar-refractivity contribution in [1.29, 1.82) is 0 Å². The minimum Gasteiger partial charge on any atom is -0.467 e. The Morgan fingerprint density at radius 1 is 0.938 bits per heavy atom. The Morgan fingerprint density at radius 3 is 2.46 bits per heavy atom. The van der Waals surface area contributed by atoms with E-state index in [1.807, 2.05) is 60.5 Å². The van der Waals surface area contributed by atoms with Crippen LogP contribution in [-0.4, -0.2) is 71.6 Å². The van der Waals surface area contributed by atoms with Gasteiger partial charge in [-0.05, 0) is 91.0 Å². The summed E-state index contributed by atoms with van der Waals surface area (Å²) in [6, 6.07) is 26.1. The molecular formula is C39H45Cl2N5O2. The van der Waals surface area contributed by atoms with E-state index in [2.05, 4.69) is 65.5 Å². The summed E-state index contributed by atoms with van der Waals surface area (Å²) in [5, 5.41) is 1.07. The van der Waals surface area contributed by atoms with Crippen molar-refractivity contribution in [2.45, 2.75) is 51.5 Å². The van der Waals surface area contributed by atoms with E-state index in [0.29, 0.717) is 28.7 Å². The van der Waals surface area contributed by atoms with Gasteiger partial charge >= 0.3 is 0 Å².